The summed E-state index contributed by atoms with van der Waals surface area (Å²) in [5.41, 5.74) is 7.88. The van der Waals surface area contributed by atoms with E-state index in [0.29, 0.717) is 17.8 Å². The van der Waals surface area contributed by atoms with Crippen LogP contribution in [-0.2, 0) is 9.53 Å². The molecule has 5 rings (SSSR count). The van der Waals surface area contributed by atoms with Crippen LogP contribution in [0, 0.1) is 23.2 Å². The van der Waals surface area contributed by atoms with Crippen molar-refractivity contribution in [2.45, 2.75) is 57.8 Å². The van der Waals surface area contributed by atoms with Crippen molar-refractivity contribution in [1.29, 1.82) is 0 Å². The zero-order chi connectivity index (χ0) is 24.0. The molecule has 4 aliphatic rings. The van der Waals surface area contributed by atoms with Crippen LogP contribution in [0.2, 0.25) is 0 Å². The molecule has 34 heavy (non-hydrogen) atoms. The van der Waals surface area contributed by atoms with E-state index < -0.39 is 0 Å². The number of hydrogen-bond acceptors (Lipinski definition) is 5. The summed E-state index contributed by atoms with van der Waals surface area (Å²) in [6.45, 7) is 2.62. The number of anilines is 1. The Morgan fingerprint density at radius 1 is 1.15 bits per heavy atom. The molecule has 4 aliphatic carbocycles. The van der Waals surface area contributed by atoms with Crippen LogP contribution in [0.15, 0.2) is 52.2 Å². The van der Waals surface area contributed by atoms with Gasteiger partial charge in [-0.3, -0.25) is 4.79 Å². The van der Waals surface area contributed by atoms with Crippen molar-refractivity contribution in [2.75, 3.05) is 32.7 Å². The molecule has 0 spiro atoms. The number of carbonyl (C=O) groups is 1. The van der Waals surface area contributed by atoms with Gasteiger partial charge in [0.2, 0.25) is 0 Å². The van der Waals surface area contributed by atoms with E-state index in [1.165, 1.54) is 22.4 Å². The van der Waals surface area contributed by atoms with E-state index in [4.69, 9.17) is 4.74 Å². The number of ether oxygens (including phenoxy) is 1. The normalized spacial score (nSPS) is 33.8. The highest BCUT2D eigenvalue weighted by Crippen LogP contribution is 2.65. The molecule has 0 aromatic heterocycles. The molecule has 5 atom stereocenters. The summed E-state index contributed by atoms with van der Waals surface area (Å²) in [4.78, 5) is 15.3. The Morgan fingerprint density at radius 2 is 1.91 bits per heavy atom. The van der Waals surface area contributed by atoms with E-state index >= 15 is 0 Å². The predicted molar refractivity (Wildman–Crippen MR) is 136 cm³/mol. The summed E-state index contributed by atoms with van der Waals surface area (Å²) in [6.07, 6.45) is 9.18. The number of ketones is 1. The molecular formula is C29H38N2O3. The zero-order valence-corrected chi connectivity index (χ0v) is 21.0. The smallest absolute Gasteiger partial charge is 0.162 e. The molecule has 2 saturated carbocycles. The Kier molecular flexibility index (Phi) is 6.18. The standard InChI is InChI=1S/C29H38N2O3/c1-29-16-24(18-5-9-21(10-6-18)31(2)3)28-22-12-8-20(30-33)15-19(22)7-11-23(28)25(29)13-14-26(29)27(32)17-34-4/h5-6,9-10,15,23-26,33H,7-8,11-14,16-17H2,1-4H3/b30-20-. The summed E-state index contributed by atoms with van der Waals surface area (Å²) in [5.74, 6) is 1.77. The van der Waals surface area contributed by atoms with Gasteiger partial charge in [-0.1, -0.05) is 29.8 Å². The third-order valence-electron chi connectivity index (χ3n) is 9.36. The number of allylic oxidation sites excluding steroid dienone is 4. The quantitative estimate of drug-likeness (QED) is 0.447. The monoisotopic (exact) mass is 462 g/mol. The van der Waals surface area contributed by atoms with Crippen LogP contribution >= 0.6 is 0 Å². The third-order valence-corrected chi connectivity index (χ3v) is 9.36. The molecule has 5 heteroatoms. The zero-order valence-electron chi connectivity index (χ0n) is 21.0. The Balaban J connectivity index is 1.62. The summed E-state index contributed by atoms with van der Waals surface area (Å²) >= 11 is 0. The summed E-state index contributed by atoms with van der Waals surface area (Å²) in [7, 11) is 5.78. The average Bonchev–Trinajstić information content (AvgIpc) is 3.20. The first-order valence-electron chi connectivity index (χ1n) is 12.8. The fourth-order valence-corrected chi connectivity index (χ4v) is 7.82. The van der Waals surface area contributed by atoms with E-state index in [1.807, 2.05) is 0 Å². The van der Waals surface area contributed by atoms with Gasteiger partial charge in [-0.15, -0.1) is 0 Å². The lowest BCUT2D eigenvalue weighted by Crippen LogP contribution is -2.45. The van der Waals surface area contributed by atoms with E-state index in [0.717, 1.165) is 50.7 Å². The second-order valence-electron chi connectivity index (χ2n) is 11.2. The molecular weight excluding hydrogens is 424 g/mol. The van der Waals surface area contributed by atoms with Crippen LogP contribution in [0.1, 0.15) is 63.4 Å². The lowest BCUT2D eigenvalue weighted by molar-refractivity contribution is -0.131. The van der Waals surface area contributed by atoms with E-state index in [1.54, 1.807) is 12.7 Å². The first-order valence-corrected chi connectivity index (χ1v) is 12.8. The van der Waals surface area contributed by atoms with Crippen molar-refractivity contribution >= 4 is 17.2 Å². The summed E-state index contributed by atoms with van der Waals surface area (Å²) in [5, 5.41) is 12.9. The van der Waals surface area contributed by atoms with Gasteiger partial charge in [0.1, 0.15) is 6.61 Å². The van der Waals surface area contributed by atoms with Gasteiger partial charge in [-0.05, 0) is 97.1 Å². The molecule has 0 bridgehead atoms. The highest BCUT2D eigenvalue weighted by molar-refractivity contribution is 5.97. The SMILES string of the molecule is COCC(=O)C1CCC2C3CCC4=C/C(=N\O)CCC4=C3C(c3ccc(N(C)C)cc3)CC12C. The van der Waals surface area contributed by atoms with E-state index in [-0.39, 0.29) is 23.7 Å². The van der Waals surface area contributed by atoms with Crippen LogP contribution < -0.4 is 4.90 Å². The molecule has 1 N–H and O–H groups in total. The van der Waals surface area contributed by atoms with Gasteiger partial charge in [0, 0.05) is 38.7 Å². The van der Waals surface area contributed by atoms with Crippen LogP contribution in [0.3, 0.4) is 0 Å². The van der Waals surface area contributed by atoms with Gasteiger partial charge in [0.15, 0.2) is 5.78 Å². The minimum Gasteiger partial charge on any atom is -0.411 e. The Bertz CT molecular complexity index is 1050. The highest BCUT2D eigenvalue weighted by Gasteiger charge is 2.58. The molecule has 0 heterocycles. The van der Waals surface area contributed by atoms with E-state index in [2.05, 4.69) is 61.4 Å². The number of fused-ring (bicyclic) bond motifs is 4. The molecule has 0 aliphatic heterocycles. The second-order valence-corrected chi connectivity index (χ2v) is 11.2. The average molecular weight is 463 g/mol. The minimum atomic E-state index is 0.00281. The van der Waals surface area contributed by atoms with Crippen molar-refractivity contribution in [1.82, 2.24) is 0 Å². The maximum Gasteiger partial charge on any atom is 0.162 e. The van der Waals surface area contributed by atoms with E-state index in [9.17, 15) is 10.0 Å². The summed E-state index contributed by atoms with van der Waals surface area (Å²) in [6, 6.07) is 9.06. The molecule has 1 aromatic carbocycles. The number of oxime groups is 1. The largest absolute Gasteiger partial charge is 0.411 e. The number of benzene rings is 1. The first-order chi connectivity index (χ1) is 16.4. The van der Waals surface area contributed by atoms with Gasteiger partial charge < -0.3 is 14.8 Å². The molecule has 0 radical (unpaired) electrons. The lowest BCUT2D eigenvalue weighted by Gasteiger charge is -2.52. The van der Waals surface area contributed by atoms with Crippen molar-refractivity contribution < 1.29 is 14.7 Å². The Morgan fingerprint density at radius 3 is 2.59 bits per heavy atom. The molecule has 2 fully saturated rings. The fraction of sp³-hybridized carbons (Fsp3) is 0.586. The van der Waals surface area contributed by atoms with Crippen molar-refractivity contribution in [3.05, 3.63) is 52.6 Å². The fourth-order valence-electron chi connectivity index (χ4n) is 7.82. The molecule has 182 valence electrons. The van der Waals surface area contributed by atoms with Gasteiger partial charge in [-0.2, -0.15) is 0 Å². The Labute approximate surface area is 203 Å². The second kappa shape index (κ2) is 8.99. The molecule has 1 aromatic rings. The van der Waals surface area contributed by atoms with Crippen molar-refractivity contribution in [2.24, 2.45) is 28.3 Å². The maximum atomic E-state index is 13.1. The maximum absolute atomic E-state index is 13.1. The molecule has 0 amide bonds. The van der Waals surface area contributed by atoms with Crippen molar-refractivity contribution in [3.8, 4) is 0 Å². The first kappa shape index (κ1) is 23.3. The van der Waals surface area contributed by atoms with Crippen LogP contribution in [0.4, 0.5) is 5.69 Å². The minimum absolute atomic E-state index is 0.00281. The lowest BCUT2D eigenvalue weighted by atomic mass is 9.51. The number of methoxy groups -OCH3 is 1. The van der Waals surface area contributed by atoms with Crippen LogP contribution in [0.5, 0.6) is 0 Å². The third kappa shape index (κ3) is 3.73. The van der Waals surface area contributed by atoms with Crippen LogP contribution in [0.25, 0.3) is 0 Å². The predicted octanol–water partition coefficient (Wildman–Crippen LogP) is 5.74. The summed E-state index contributed by atoms with van der Waals surface area (Å²) < 4.78 is 5.28. The van der Waals surface area contributed by atoms with Gasteiger partial charge in [-0.25, -0.2) is 0 Å². The molecule has 0 saturated heterocycles. The highest BCUT2D eigenvalue weighted by atomic mass is 16.5. The van der Waals surface area contributed by atoms with Gasteiger partial charge in [0.05, 0.1) is 5.71 Å². The number of nitrogens with zero attached hydrogens (tertiary/aromatic N) is 2. The van der Waals surface area contributed by atoms with Crippen molar-refractivity contribution in [3.63, 3.8) is 0 Å². The van der Waals surface area contributed by atoms with Gasteiger partial charge in [0.25, 0.3) is 0 Å². The molecule has 5 unspecified atom stereocenters. The Hall–Kier alpha value is -2.40. The number of rotatable bonds is 5. The number of Topliss-reactive ketones (excluding diaryl/α,β-unsaturated/α-hetero) is 1. The topological polar surface area (TPSA) is 62.1 Å². The number of hydrogen-bond donors (Lipinski definition) is 1. The van der Waals surface area contributed by atoms with Crippen LogP contribution in [-0.4, -0.2) is 44.5 Å². The molecule has 5 nitrogen and oxygen atoms in total. The number of carbonyl (C=O) groups excluding carboxylic acids is 1. The van der Waals surface area contributed by atoms with Gasteiger partial charge >= 0.3 is 0 Å².